The highest BCUT2D eigenvalue weighted by atomic mass is 127. The number of piperidine rings is 1. The van der Waals surface area contributed by atoms with E-state index < -0.39 is 5.60 Å². The van der Waals surface area contributed by atoms with E-state index in [0.29, 0.717) is 25.7 Å². The van der Waals surface area contributed by atoms with Gasteiger partial charge in [-0.1, -0.05) is 0 Å². The molecule has 8 nitrogen and oxygen atoms in total. The summed E-state index contributed by atoms with van der Waals surface area (Å²) < 4.78 is 16.4. The molecule has 1 saturated heterocycles. The van der Waals surface area contributed by atoms with Crippen LogP contribution >= 0.6 is 24.0 Å². The molecular weight excluding hydrogens is 523 g/mol. The molecule has 1 N–H and O–H groups in total. The zero-order valence-corrected chi connectivity index (χ0v) is 22.6. The third-order valence-electron chi connectivity index (χ3n) is 5.21. The summed E-state index contributed by atoms with van der Waals surface area (Å²) in [6, 6.07) is 3.78. The lowest BCUT2D eigenvalue weighted by molar-refractivity contribution is 0.0214. The molecule has 0 aliphatic carbocycles. The van der Waals surface area contributed by atoms with Gasteiger partial charge in [0.15, 0.2) is 5.96 Å². The number of halogens is 1. The van der Waals surface area contributed by atoms with Crippen molar-refractivity contribution in [2.75, 3.05) is 46.4 Å². The number of guanidine groups is 1. The van der Waals surface area contributed by atoms with Crippen LogP contribution in [-0.2, 0) is 16.1 Å². The fourth-order valence-corrected chi connectivity index (χ4v) is 3.57. The molecule has 184 valence electrons. The van der Waals surface area contributed by atoms with E-state index in [-0.39, 0.29) is 30.1 Å². The zero-order chi connectivity index (χ0) is 22.7. The summed E-state index contributed by atoms with van der Waals surface area (Å²) in [5.41, 5.74) is -0.462. The maximum atomic E-state index is 12.4. The van der Waals surface area contributed by atoms with E-state index in [1.807, 2.05) is 51.8 Å². The average molecular weight is 565 g/mol. The fourth-order valence-electron chi connectivity index (χ4n) is 3.57. The third-order valence-corrected chi connectivity index (χ3v) is 5.21. The van der Waals surface area contributed by atoms with Crippen molar-refractivity contribution < 1.29 is 18.7 Å². The first kappa shape index (κ1) is 28.5. The topological polar surface area (TPSA) is 79.5 Å². The Balaban J connectivity index is 0.00000512. The quantitative estimate of drug-likeness (QED) is 0.208. The van der Waals surface area contributed by atoms with Gasteiger partial charge >= 0.3 is 6.09 Å². The predicted octanol–water partition coefficient (Wildman–Crippen LogP) is 4.35. The Hall–Kier alpha value is -1.49. The van der Waals surface area contributed by atoms with Gasteiger partial charge in [-0.05, 0) is 65.0 Å². The van der Waals surface area contributed by atoms with Gasteiger partial charge in [0, 0.05) is 46.4 Å². The number of hydrogen-bond acceptors (Lipinski definition) is 5. The summed E-state index contributed by atoms with van der Waals surface area (Å²) in [5, 5.41) is 3.43. The van der Waals surface area contributed by atoms with Crippen molar-refractivity contribution in [3.05, 3.63) is 24.2 Å². The van der Waals surface area contributed by atoms with Crippen LogP contribution in [0.5, 0.6) is 0 Å². The Morgan fingerprint density at radius 3 is 2.62 bits per heavy atom. The average Bonchev–Trinajstić information content (AvgIpc) is 3.24. The molecule has 0 spiro atoms. The minimum absolute atomic E-state index is 0. The van der Waals surface area contributed by atoms with Crippen molar-refractivity contribution in [3.63, 3.8) is 0 Å². The highest BCUT2D eigenvalue weighted by Crippen LogP contribution is 2.20. The van der Waals surface area contributed by atoms with Crippen molar-refractivity contribution in [1.29, 1.82) is 0 Å². The summed E-state index contributed by atoms with van der Waals surface area (Å²) >= 11 is 0. The number of rotatable bonds is 9. The molecule has 2 heterocycles. The van der Waals surface area contributed by atoms with Crippen LogP contribution in [0, 0.1) is 5.92 Å². The van der Waals surface area contributed by atoms with Gasteiger partial charge in [-0.15, -0.1) is 24.0 Å². The molecule has 0 atom stereocenters. The number of nitrogens with zero attached hydrogens (tertiary/aromatic N) is 3. The first-order valence-corrected chi connectivity index (χ1v) is 11.4. The van der Waals surface area contributed by atoms with Crippen LogP contribution in [0.25, 0.3) is 0 Å². The molecule has 1 amide bonds. The zero-order valence-electron chi connectivity index (χ0n) is 20.3. The van der Waals surface area contributed by atoms with Crippen LogP contribution in [0.1, 0.15) is 52.7 Å². The van der Waals surface area contributed by atoms with E-state index in [1.165, 1.54) is 0 Å². The molecular formula is C23H41IN4O4. The molecule has 1 aromatic heterocycles. The maximum Gasteiger partial charge on any atom is 0.410 e. The second kappa shape index (κ2) is 14.6. The lowest BCUT2D eigenvalue weighted by Crippen LogP contribution is -2.48. The normalized spacial score (nSPS) is 15.3. The summed E-state index contributed by atoms with van der Waals surface area (Å²) in [7, 11) is 1.82. The summed E-state index contributed by atoms with van der Waals surface area (Å²) in [6.07, 6.45) is 4.41. The van der Waals surface area contributed by atoms with E-state index in [9.17, 15) is 4.79 Å². The molecule has 0 radical (unpaired) electrons. The van der Waals surface area contributed by atoms with E-state index in [0.717, 1.165) is 57.2 Å². The Bertz CT molecular complexity index is 668. The third kappa shape index (κ3) is 10.4. The number of aliphatic imine (C=N–C) groups is 1. The predicted molar refractivity (Wildman–Crippen MR) is 138 cm³/mol. The molecule has 1 aliphatic rings. The van der Waals surface area contributed by atoms with Crippen LogP contribution in [-0.4, -0.2) is 73.8 Å². The van der Waals surface area contributed by atoms with E-state index >= 15 is 0 Å². The molecule has 1 aromatic rings. The van der Waals surface area contributed by atoms with Crippen LogP contribution in [0.15, 0.2) is 27.8 Å². The molecule has 32 heavy (non-hydrogen) atoms. The fraction of sp³-hybridized carbons (Fsp3) is 0.739. The largest absolute Gasteiger partial charge is 0.467 e. The minimum atomic E-state index is -0.462. The standard InChI is InChI=1S/C23H40N4O4.HI/c1-6-26(22(28)31-23(2,3)4)17-19-10-13-27(14-11-19)21(24-5)25-12-8-15-29-18-20-9-7-16-30-20;/h7,9,16,19H,6,8,10-15,17-18H2,1-5H3,(H,24,25);1H. The lowest BCUT2D eigenvalue weighted by atomic mass is 9.96. The van der Waals surface area contributed by atoms with Gasteiger partial charge in [-0.25, -0.2) is 4.79 Å². The number of hydrogen-bond donors (Lipinski definition) is 1. The number of ether oxygens (including phenoxy) is 2. The summed E-state index contributed by atoms with van der Waals surface area (Å²) in [5.74, 6) is 2.26. The maximum absolute atomic E-state index is 12.4. The molecule has 1 fully saturated rings. The first-order valence-electron chi connectivity index (χ1n) is 11.4. The molecule has 0 bridgehead atoms. The van der Waals surface area contributed by atoms with Crippen molar-refractivity contribution >= 4 is 36.0 Å². The molecule has 0 unspecified atom stereocenters. The molecule has 2 rings (SSSR count). The number of carbonyl (C=O) groups is 1. The smallest absolute Gasteiger partial charge is 0.410 e. The van der Waals surface area contributed by atoms with Gasteiger partial charge in [-0.2, -0.15) is 0 Å². The van der Waals surface area contributed by atoms with E-state index in [1.54, 1.807) is 6.26 Å². The Kier molecular flexibility index (Phi) is 13.0. The van der Waals surface area contributed by atoms with Gasteiger partial charge in [-0.3, -0.25) is 4.99 Å². The Morgan fingerprint density at radius 2 is 2.06 bits per heavy atom. The van der Waals surface area contributed by atoms with Gasteiger partial charge < -0.3 is 29.0 Å². The first-order chi connectivity index (χ1) is 14.8. The summed E-state index contributed by atoms with van der Waals surface area (Å²) in [4.78, 5) is 20.9. The Morgan fingerprint density at radius 1 is 1.34 bits per heavy atom. The van der Waals surface area contributed by atoms with Crippen LogP contribution in [0.3, 0.4) is 0 Å². The second-order valence-corrected chi connectivity index (χ2v) is 8.91. The van der Waals surface area contributed by atoms with Crippen molar-refractivity contribution in [2.45, 2.75) is 59.2 Å². The highest BCUT2D eigenvalue weighted by molar-refractivity contribution is 14.0. The minimum Gasteiger partial charge on any atom is -0.467 e. The number of carbonyl (C=O) groups excluding carboxylic acids is 1. The van der Waals surface area contributed by atoms with Crippen molar-refractivity contribution in [2.24, 2.45) is 10.9 Å². The highest BCUT2D eigenvalue weighted by Gasteiger charge is 2.27. The van der Waals surface area contributed by atoms with Gasteiger partial charge in [0.1, 0.15) is 18.0 Å². The van der Waals surface area contributed by atoms with Gasteiger partial charge in [0.2, 0.25) is 0 Å². The summed E-state index contributed by atoms with van der Waals surface area (Å²) in [6.45, 7) is 13.0. The molecule has 0 aromatic carbocycles. The van der Waals surface area contributed by atoms with Gasteiger partial charge in [0.05, 0.1) is 6.26 Å². The number of likely N-dealkylation sites (tertiary alicyclic amines) is 1. The van der Waals surface area contributed by atoms with Crippen LogP contribution in [0.4, 0.5) is 4.79 Å². The van der Waals surface area contributed by atoms with E-state index in [4.69, 9.17) is 13.9 Å². The Labute approximate surface area is 210 Å². The number of furan rings is 1. The number of amides is 1. The van der Waals surface area contributed by atoms with Crippen molar-refractivity contribution in [1.82, 2.24) is 15.1 Å². The van der Waals surface area contributed by atoms with Crippen LogP contribution in [0.2, 0.25) is 0 Å². The molecule has 1 aliphatic heterocycles. The van der Waals surface area contributed by atoms with Crippen molar-refractivity contribution in [3.8, 4) is 0 Å². The van der Waals surface area contributed by atoms with E-state index in [2.05, 4.69) is 15.2 Å². The number of nitrogens with one attached hydrogen (secondary N) is 1. The monoisotopic (exact) mass is 564 g/mol. The molecule has 0 saturated carbocycles. The van der Waals surface area contributed by atoms with Crippen LogP contribution < -0.4 is 5.32 Å². The second-order valence-electron chi connectivity index (χ2n) is 8.91. The lowest BCUT2D eigenvalue weighted by Gasteiger charge is -2.36. The SMILES string of the molecule is CCN(CC1CCN(C(=NC)NCCCOCc2ccco2)CC1)C(=O)OC(C)(C)C.I. The molecule has 9 heteroatoms. The van der Waals surface area contributed by atoms with Gasteiger partial charge in [0.25, 0.3) is 0 Å².